The van der Waals surface area contributed by atoms with Crippen molar-refractivity contribution in [3.63, 3.8) is 0 Å². The Morgan fingerprint density at radius 2 is 1.05 bits per heavy atom. The monoisotopic (exact) mass is 544 g/mol. The molecule has 4 aromatic carbocycles. The number of hydrogen-bond donors (Lipinski definition) is 2. The molecule has 2 N–H and O–H groups in total. The smallest absolute Gasteiger partial charge is 0.377 e. The molecule has 8 heteroatoms. The lowest BCUT2D eigenvalue weighted by Gasteiger charge is -2.29. The number of hydrogen-bond acceptors (Lipinski definition) is 6. The molecule has 38 heavy (non-hydrogen) atoms. The van der Waals surface area contributed by atoms with Crippen LogP contribution in [0.1, 0.15) is 0 Å². The highest BCUT2D eigenvalue weighted by Gasteiger charge is 2.42. The molecule has 1 aliphatic rings. The number of ether oxygens (including phenoxy) is 1. The van der Waals surface area contributed by atoms with Crippen molar-refractivity contribution in [3.8, 4) is 0 Å². The van der Waals surface area contributed by atoms with Crippen LogP contribution in [0.15, 0.2) is 133 Å². The van der Waals surface area contributed by atoms with Gasteiger partial charge in [-0.15, -0.1) is 0 Å². The van der Waals surface area contributed by atoms with Gasteiger partial charge in [0.1, 0.15) is 6.10 Å². The zero-order valence-electron chi connectivity index (χ0n) is 20.3. The molecule has 0 fully saturated rings. The molecule has 0 saturated carbocycles. The Morgan fingerprint density at radius 1 is 0.658 bits per heavy atom. The van der Waals surface area contributed by atoms with Gasteiger partial charge in [0.05, 0.1) is 22.9 Å². The first-order chi connectivity index (χ1) is 18.6. The highest BCUT2D eigenvalue weighted by Crippen LogP contribution is 2.41. The first-order valence-electron chi connectivity index (χ1n) is 12.0. The van der Waals surface area contributed by atoms with Gasteiger partial charge in [-0.3, -0.25) is 0 Å². The van der Waals surface area contributed by atoms with E-state index >= 15 is 0 Å². The molecule has 1 heterocycles. The van der Waals surface area contributed by atoms with E-state index in [1.807, 2.05) is 121 Å². The number of carbonyl (C=O) groups is 1. The van der Waals surface area contributed by atoms with E-state index in [4.69, 9.17) is 13.8 Å². The van der Waals surface area contributed by atoms with Gasteiger partial charge in [0.15, 0.2) is 11.9 Å². The summed E-state index contributed by atoms with van der Waals surface area (Å²) in [5.41, 5.74) is 0. The van der Waals surface area contributed by atoms with Crippen LogP contribution in [0.4, 0.5) is 0 Å². The molecular formula is C30H26O6P2. The fourth-order valence-corrected chi connectivity index (χ4v) is 7.64. The van der Waals surface area contributed by atoms with Gasteiger partial charge >= 0.3 is 5.97 Å². The van der Waals surface area contributed by atoms with E-state index in [9.17, 15) is 15.0 Å². The highest BCUT2D eigenvalue weighted by atomic mass is 31.1. The normalized spacial score (nSPS) is 16.2. The van der Waals surface area contributed by atoms with Crippen molar-refractivity contribution in [3.05, 3.63) is 133 Å². The molecule has 0 unspecified atom stereocenters. The van der Waals surface area contributed by atoms with Gasteiger partial charge in [0.25, 0.3) is 0 Å². The first kappa shape index (κ1) is 26.1. The molecule has 2 atom stereocenters. The van der Waals surface area contributed by atoms with E-state index in [0.717, 1.165) is 21.2 Å². The Balaban J connectivity index is 1.49. The summed E-state index contributed by atoms with van der Waals surface area (Å²) in [6.45, 7) is 0.00325. The average molecular weight is 544 g/mol. The summed E-state index contributed by atoms with van der Waals surface area (Å²) in [7, 11) is -2.61. The summed E-state index contributed by atoms with van der Waals surface area (Å²) >= 11 is 0. The summed E-state index contributed by atoms with van der Waals surface area (Å²) in [6.07, 6.45) is -2.10. The molecule has 0 radical (unpaired) electrons. The second-order valence-corrected chi connectivity index (χ2v) is 12.1. The van der Waals surface area contributed by atoms with Crippen molar-refractivity contribution in [1.82, 2.24) is 0 Å². The van der Waals surface area contributed by atoms with Crippen LogP contribution in [0.25, 0.3) is 0 Å². The van der Waals surface area contributed by atoms with E-state index in [1.54, 1.807) is 0 Å². The van der Waals surface area contributed by atoms with E-state index in [-0.39, 0.29) is 6.61 Å². The third kappa shape index (κ3) is 5.96. The van der Waals surface area contributed by atoms with Crippen LogP contribution in [-0.4, -0.2) is 35.0 Å². The SMILES string of the molecule is O=C1O[C@H]([C@H](COP(c2ccccc2)c2ccccc2)OP(c2ccccc2)c2ccccc2)C(O)=C1O. The molecule has 0 amide bonds. The van der Waals surface area contributed by atoms with Gasteiger partial charge in [-0.1, -0.05) is 121 Å². The maximum atomic E-state index is 12.1. The lowest BCUT2D eigenvalue weighted by Crippen LogP contribution is -2.36. The Morgan fingerprint density at radius 3 is 1.42 bits per heavy atom. The Labute approximate surface area is 223 Å². The zero-order chi connectivity index (χ0) is 26.3. The van der Waals surface area contributed by atoms with Gasteiger partial charge in [-0.2, -0.15) is 0 Å². The van der Waals surface area contributed by atoms with Gasteiger partial charge in [0, 0.05) is 21.2 Å². The Hall–Kier alpha value is -3.53. The predicted octanol–water partition coefficient (Wildman–Crippen LogP) is 4.74. The van der Waals surface area contributed by atoms with Crippen molar-refractivity contribution in [1.29, 1.82) is 0 Å². The average Bonchev–Trinajstić information content (AvgIpc) is 3.24. The number of aliphatic hydroxyl groups is 2. The molecule has 5 rings (SSSR count). The van der Waals surface area contributed by atoms with Gasteiger partial charge in [0.2, 0.25) is 5.76 Å². The fourth-order valence-electron chi connectivity index (χ4n) is 4.00. The number of esters is 1. The number of benzene rings is 4. The second kappa shape index (κ2) is 12.3. The largest absolute Gasteiger partial charge is 0.505 e. The van der Waals surface area contributed by atoms with Crippen LogP contribution >= 0.6 is 16.3 Å². The molecular weight excluding hydrogens is 518 g/mol. The molecule has 0 spiro atoms. The highest BCUT2D eigenvalue weighted by molar-refractivity contribution is 7.69. The number of rotatable bonds is 10. The van der Waals surface area contributed by atoms with Crippen LogP contribution < -0.4 is 21.2 Å². The minimum Gasteiger partial charge on any atom is -0.505 e. The standard InChI is InChI=1S/C30H26O6P2/c31-27-28(32)30(33)35-29(27)26(36-38(24-17-9-3-10-18-24)25-19-11-4-12-20-25)21-34-37(22-13-5-1-6-14-22)23-15-7-2-8-16-23/h1-20,26,29,31-32H,21H2/t26-,29+/m0/s1. The maximum absolute atomic E-state index is 12.1. The molecule has 6 nitrogen and oxygen atoms in total. The van der Waals surface area contributed by atoms with E-state index in [2.05, 4.69) is 0 Å². The van der Waals surface area contributed by atoms with Crippen LogP contribution in [0.2, 0.25) is 0 Å². The van der Waals surface area contributed by atoms with Crippen molar-refractivity contribution < 1.29 is 28.8 Å². The molecule has 192 valence electrons. The van der Waals surface area contributed by atoms with Crippen molar-refractivity contribution in [2.75, 3.05) is 6.61 Å². The molecule has 0 aromatic heterocycles. The van der Waals surface area contributed by atoms with Crippen LogP contribution in [0.5, 0.6) is 0 Å². The van der Waals surface area contributed by atoms with Crippen molar-refractivity contribution >= 4 is 43.5 Å². The lowest BCUT2D eigenvalue weighted by atomic mass is 10.2. The Kier molecular flexibility index (Phi) is 8.47. The second-order valence-electron chi connectivity index (χ2n) is 8.43. The molecule has 4 aromatic rings. The van der Waals surface area contributed by atoms with Crippen molar-refractivity contribution in [2.45, 2.75) is 12.2 Å². The molecule has 0 bridgehead atoms. The predicted molar refractivity (Wildman–Crippen MR) is 151 cm³/mol. The van der Waals surface area contributed by atoms with Crippen molar-refractivity contribution in [2.24, 2.45) is 0 Å². The third-order valence-electron chi connectivity index (χ3n) is 5.85. The number of cyclic esters (lactones) is 1. The summed E-state index contributed by atoms with van der Waals surface area (Å²) in [4.78, 5) is 12.1. The van der Waals surface area contributed by atoms with E-state index in [0.29, 0.717) is 0 Å². The minimum absolute atomic E-state index is 0.00325. The number of carbonyl (C=O) groups excluding carboxylic acids is 1. The van der Waals surface area contributed by atoms with E-state index < -0.39 is 46.0 Å². The van der Waals surface area contributed by atoms with Gasteiger partial charge in [-0.25, -0.2) is 4.79 Å². The maximum Gasteiger partial charge on any atom is 0.377 e. The third-order valence-corrected chi connectivity index (χ3v) is 9.81. The minimum atomic E-state index is -1.37. The van der Waals surface area contributed by atoms with Gasteiger partial charge in [-0.05, 0) is 0 Å². The summed E-state index contributed by atoms with van der Waals surface area (Å²) in [6, 6.07) is 39.3. The van der Waals surface area contributed by atoms with Crippen LogP contribution in [-0.2, 0) is 18.6 Å². The van der Waals surface area contributed by atoms with Gasteiger partial charge < -0.3 is 24.0 Å². The summed E-state index contributed by atoms with van der Waals surface area (Å²) in [5, 5.41) is 24.6. The molecule has 0 saturated heterocycles. The molecule has 0 aliphatic carbocycles. The topological polar surface area (TPSA) is 85.2 Å². The number of aliphatic hydroxyl groups excluding tert-OH is 2. The zero-order valence-corrected chi connectivity index (χ0v) is 22.1. The summed E-state index contributed by atoms with van der Waals surface area (Å²) in [5.74, 6) is -2.35. The van der Waals surface area contributed by atoms with Crippen LogP contribution in [0.3, 0.4) is 0 Å². The first-order valence-corrected chi connectivity index (χ1v) is 14.6. The molecule has 1 aliphatic heterocycles. The quantitative estimate of drug-likeness (QED) is 0.222. The fraction of sp³-hybridized carbons (Fsp3) is 0.100. The van der Waals surface area contributed by atoms with E-state index in [1.165, 1.54) is 0 Å². The summed E-state index contributed by atoms with van der Waals surface area (Å²) < 4.78 is 18.6. The van der Waals surface area contributed by atoms with Crippen LogP contribution in [0, 0.1) is 0 Å². The lowest BCUT2D eigenvalue weighted by molar-refractivity contribution is -0.146. The Bertz CT molecular complexity index is 1290.